The van der Waals surface area contributed by atoms with E-state index < -0.39 is 27.6 Å². The number of carbonyl (C=O) groups is 1. The molecule has 0 fully saturated rings. The summed E-state index contributed by atoms with van der Waals surface area (Å²) in [5.74, 6) is -2.69. The summed E-state index contributed by atoms with van der Waals surface area (Å²) in [6.07, 6.45) is 1.26. The Kier molecular flexibility index (Phi) is 8.37. The van der Waals surface area contributed by atoms with Crippen molar-refractivity contribution >= 4 is 32.4 Å². The van der Waals surface area contributed by atoms with Crippen LogP contribution in [0.2, 0.25) is 0 Å². The van der Waals surface area contributed by atoms with Gasteiger partial charge in [-0.05, 0) is 37.4 Å². The van der Waals surface area contributed by atoms with E-state index in [1.54, 1.807) is 36.4 Å². The first-order valence-corrected chi connectivity index (χ1v) is 11.4. The first-order valence-electron chi connectivity index (χ1n) is 9.95. The highest BCUT2D eigenvalue weighted by atomic mass is 32.2. The standard InChI is InChI=1S/C22H18F2N2O3S.C2H6/c1-3-19(25-14(2)21-17(23)11-7-12-18(21)24)22(27)26-30(28,29)20-13-6-9-15-8-4-5-10-16(15)20;1-2/h3-13H,1-2H3,(H,26,27);1-2H3/b19-3-,25-14?;. The molecule has 0 aromatic heterocycles. The summed E-state index contributed by atoms with van der Waals surface area (Å²) in [4.78, 5) is 16.5. The SMILES string of the molecule is C/C=C(\N=C(C)c1c(F)cccc1F)C(=O)NS(=O)(=O)c1cccc2ccccc12.CC. The van der Waals surface area contributed by atoms with Gasteiger partial charge in [-0.2, -0.15) is 0 Å². The van der Waals surface area contributed by atoms with E-state index in [2.05, 4.69) is 4.99 Å². The number of halogens is 2. The number of benzene rings is 3. The van der Waals surface area contributed by atoms with Gasteiger partial charge < -0.3 is 0 Å². The first-order chi connectivity index (χ1) is 15.2. The lowest BCUT2D eigenvalue weighted by atomic mass is 10.1. The Balaban J connectivity index is 0.00000176. The molecule has 0 spiro atoms. The van der Waals surface area contributed by atoms with E-state index in [0.717, 1.165) is 12.1 Å². The summed E-state index contributed by atoms with van der Waals surface area (Å²) in [7, 11) is -4.22. The van der Waals surface area contributed by atoms with E-state index in [1.165, 1.54) is 32.1 Å². The summed E-state index contributed by atoms with van der Waals surface area (Å²) in [5, 5.41) is 1.15. The van der Waals surface area contributed by atoms with Gasteiger partial charge in [-0.25, -0.2) is 26.9 Å². The molecule has 0 atom stereocenters. The van der Waals surface area contributed by atoms with Crippen LogP contribution < -0.4 is 4.72 Å². The monoisotopic (exact) mass is 458 g/mol. The van der Waals surface area contributed by atoms with Crippen molar-refractivity contribution in [2.45, 2.75) is 32.6 Å². The van der Waals surface area contributed by atoms with Gasteiger partial charge in [0.1, 0.15) is 17.3 Å². The Morgan fingerprint density at radius 3 is 2.12 bits per heavy atom. The predicted molar refractivity (Wildman–Crippen MR) is 123 cm³/mol. The molecule has 32 heavy (non-hydrogen) atoms. The second-order valence-corrected chi connectivity index (χ2v) is 8.03. The Morgan fingerprint density at radius 1 is 0.938 bits per heavy atom. The number of fused-ring (bicyclic) bond motifs is 1. The Hall–Kier alpha value is -3.39. The summed E-state index contributed by atoms with van der Waals surface area (Å²) in [6.45, 7) is 6.80. The van der Waals surface area contributed by atoms with Crippen molar-refractivity contribution in [2.24, 2.45) is 4.99 Å². The van der Waals surface area contributed by atoms with E-state index in [4.69, 9.17) is 0 Å². The van der Waals surface area contributed by atoms with Gasteiger partial charge in [-0.15, -0.1) is 0 Å². The quantitative estimate of drug-likeness (QED) is 0.413. The number of aliphatic imine (C=N–C) groups is 1. The molecule has 168 valence electrons. The maximum Gasteiger partial charge on any atom is 0.283 e. The molecule has 0 aliphatic rings. The summed E-state index contributed by atoms with van der Waals surface area (Å²) < 4.78 is 55.5. The predicted octanol–water partition coefficient (Wildman–Crippen LogP) is 5.36. The number of nitrogens with one attached hydrogen (secondary N) is 1. The van der Waals surface area contributed by atoms with E-state index in [-0.39, 0.29) is 21.9 Å². The van der Waals surface area contributed by atoms with Crippen molar-refractivity contribution in [1.29, 1.82) is 0 Å². The Bertz CT molecular complexity index is 1270. The highest BCUT2D eigenvalue weighted by Gasteiger charge is 2.22. The van der Waals surface area contributed by atoms with Gasteiger partial charge in [0, 0.05) is 5.39 Å². The largest absolute Gasteiger partial charge is 0.283 e. The van der Waals surface area contributed by atoms with Crippen molar-refractivity contribution in [3.63, 3.8) is 0 Å². The van der Waals surface area contributed by atoms with Gasteiger partial charge in [0.2, 0.25) is 0 Å². The van der Waals surface area contributed by atoms with Crippen LogP contribution in [0.15, 0.2) is 82.3 Å². The molecule has 0 unspecified atom stereocenters. The molecule has 5 nitrogen and oxygen atoms in total. The zero-order valence-electron chi connectivity index (χ0n) is 18.2. The zero-order valence-corrected chi connectivity index (χ0v) is 19.0. The second-order valence-electron chi connectivity index (χ2n) is 6.38. The van der Waals surface area contributed by atoms with Crippen LogP contribution in [-0.2, 0) is 14.8 Å². The van der Waals surface area contributed by atoms with Gasteiger partial charge in [0.25, 0.3) is 15.9 Å². The van der Waals surface area contributed by atoms with Gasteiger partial charge in [0.05, 0.1) is 16.2 Å². The fourth-order valence-electron chi connectivity index (χ4n) is 2.99. The van der Waals surface area contributed by atoms with Crippen LogP contribution in [0.1, 0.15) is 33.3 Å². The molecule has 0 saturated heterocycles. The van der Waals surface area contributed by atoms with Crippen molar-refractivity contribution in [2.75, 3.05) is 0 Å². The average Bonchev–Trinajstić information content (AvgIpc) is 2.78. The minimum absolute atomic E-state index is 0.0646. The second kappa shape index (κ2) is 10.8. The number of carbonyl (C=O) groups excluding carboxylic acids is 1. The molecule has 0 saturated carbocycles. The lowest BCUT2D eigenvalue weighted by Gasteiger charge is -2.11. The smallest absolute Gasteiger partial charge is 0.266 e. The van der Waals surface area contributed by atoms with E-state index in [0.29, 0.717) is 10.8 Å². The fourth-order valence-corrected chi connectivity index (χ4v) is 4.18. The number of amides is 1. The number of sulfonamides is 1. The average molecular weight is 459 g/mol. The molecule has 3 rings (SSSR count). The van der Waals surface area contributed by atoms with E-state index in [9.17, 15) is 22.0 Å². The third kappa shape index (κ3) is 5.45. The van der Waals surface area contributed by atoms with Crippen LogP contribution >= 0.6 is 0 Å². The molecule has 0 bridgehead atoms. The minimum Gasteiger partial charge on any atom is -0.266 e. The van der Waals surface area contributed by atoms with Gasteiger partial charge in [-0.3, -0.25) is 4.79 Å². The normalized spacial score (nSPS) is 12.2. The molecule has 0 aliphatic carbocycles. The molecule has 0 heterocycles. The topological polar surface area (TPSA) is 75.6 Å². The summed E-state index contributed by atoms with van der Waals surface area (Å²) in [6, 6.07) is 14.9. The molecule has 1 N–H and O–H groups in total. The summed E-state index contributed by atoms with van der Waals surface area (Å²) >= 11 is 0. The van der Waals surface area contributed by atoms with Gasteiger partial charge in [-0.1, -0.05) is 62.4 Å². The molecule has 0 radical (unpaired) electrons. The molecule has 8 heteroatoms. The lowest BCUT2D eigenvalue weighted by molar-refractivity contribution is -0.115. The van der Waals surface area contributed by atoms with Gasteiger partial charge >= 0.3 is 0 Å². The van der Waals surface area contributed by atoms with Crippen LogP contribution in [0.3, 0.4) is 0 Å². The maximum absolute atomic E-state index is 14.0. The lowest BCUT2D eigenvalue weighted by Crippen LogP contribution is -2.31. The van der Waals surface area contributed by atoms with Crippen molar-refractivity contribution in [3.8, 4) is 0 Å². The number of rotatable bonds is 5. The van der Waals surface area contributed by atoms with Crippen LogP contribution in [0.25, 0.3) is 10.8 Å². The van der Waals surface area contributed by atoms with Gasteiger partial charge in [0.15, 0.2) is 0 Å². The molecule has 0 aliphatic heterocycles. The molecule has 3 aromatic rings. The Morgan fingerprint density at radius 2 is 1.50 bits per heavy atom. The molecular formula is C24H24F2N2O3S. The van der Waals surface area contributed by atoms with Crippen molar-refractivity contribution in [1.82, 2.24) is 4.72 Å². The number of hydrogen-bond acceptors (Lipinski definition) is 4. The van der Waals surface area contributed by atoms with Crippen LogP contribution in [-0.4, -0.2) is 20.0 Å². The van der Waals surface area contributed by atoms with E-state index >= 15 is 0 Å². The number of allylic oxidation sites excluding steroid dienone is 1. The molecule has 3 aromatic carbocycles. The van der Waals surface area contributed by atoms with E-state index in [1.807, 2.05) is 18.6 Å². The van der Waals surface area contributed by atoms with Crippen LogP contribution in [0, 0.1) is 11.6 Å². The minimum atomic E-state index is -4.22. The fraction of sp³-hybridized carbons (Fsp3) is 0.167. The highest BCUT2D eigenvalue weighted by Crippen LogP contribution is 2.23. The van der Waals surface area contributed by atoms with Crippen molar-refractivity contribution in [3.05, 3.63) is 89.6 Å². The number of hydrogen-bond donors (Lipinski definition) is 1. The third-order valence-electron chi connectivity index (χ3n) is 4.39. The molecule has 1 amide bonds. The van der Waals surface area contributed by atoms with Crippen molar-refractivity contribution < 1.29 is 22.0 Å². The first kappa shape index (κ1) is 24.9. The van der Waals surface area contributed by atoms with Crippen LogP contribution in [0.5, 0.6) is 0 Å². The summed E-state index contributed by atoms with van der Waals surface area (Å²) in [5.41, 5.74) is -0.781. The van der Waals surface area contributed by atoms with Crippen LogP contribution in [0.4, 0.5) is 8.78 Å². The highest BCUT2D eigenvalue weighted by molar-refractivity contribution is 7.90. The Labute approximate surface area is 186 Å². The molecular weight excluding hydrogens is 434 g/mol. The number of nitrogens with zero attached hydrogens (tertiary/aromatic N) is 1. The zero-order chi connectivity index (χ0) is 23.9. The maximum atomic E-state index is 14.0. The third-order valence-corrected chi connectivity index (χ3v) is 5.77.